The van der Waals surface area contributed by atoms with Gasteiger partial charge in [0.25, 0.3) is 0 Å². The van der Waals surface area contributed by atoms with Crippen LogP contribution in [0.3, 0.4) is 0 Å². The molecule has 0 bridgehead atoms. The number of hydrogen-bond donors (Lipinski definition) is 1. The summed E-state index contributed by atoms with van der Waals surface area (Å²) in [6.45, 7) is 2.79. The normalized spacial score (nSPS) is 12.3. The molecule has 2 aromatic heterocycles. The zero-order chi connectivity index (χ0) is 17.8. The summed E-state index contributed by atoms with van der Waals surface area (Å²) in [5.74, 6) is 1.38. The molecule has 0 aliphatic rings. The van der Waals surface area contributed by atoms with Crippen molar-refractivity contribution in [3.63, 3.8) is 0 Å². The van der Waals surface area contributed by atoms with Crippen LogP contribution in [0, 0.1) is 0 Å². The van der Waals surface area contributed by atoms with E-state index in [9.17, 15) is 5.11 Å². The molecule has 2 heterocycles. The molecule has 3 aromatic rings. The summed E-state index contributed by atoms with van der Waals surface area (Å²) in [4.78, 5) is 10.7. The number of nitrogens with zero attached hydrogens (tertiary/aromatic N) is 7. The van der Waals surface area contributed by atoms with Gasteiger partial charge in [0, 0.05) is 25.3 Å². The molecule has 0 amide bonds. The van der Waals surface area contributed by atoms with E-state index in [4.69, 9.17) is 0 Å². The average molecular weight is 341 g/mol. The van der Waals surface area contributed by atoms with Gasteiger partial charge in [-0.25, -0.2) is 19.3 Å². The Labute approximate surface area is 146 Å². The first-order chi connectivity index (χ1) is 12.1. The number of hydrogen-bond acceptors (Lipinski definition) is 6. The number of benzene rings is 1. The zero-order valence-corrected chi connectivity index (χ0v) is 14.7. The Balaban J connectivity index is 1.97. The fourth-order valence-corrected chi connectivity index (χ4v) is 2.51. The van der Waals surface area contributed by atoms with Crippen LogP contribution < -0.4 is 4.90 Å². The van der Waals surface area contributed by atoms with Gasteiger partial charge in [-0.05, 0) is 18.6 Å². The standard InChI is InChI=1S/C17H23N7O/c1-4-15(25)9-24-17(13-6-5-7-14(8-13)22(2)3)20-16(21-24)10-23-12-18-11-19-23/h5-8,11-12,15,25H,4,9-10H2,1-3H3/t15-/m0/s1. The topological polar surface area (TPSA) is 84.9 Å². The highest BCUT2D eigenvalue weighted by Gasteiger charge is 2.15. The second-order valence-corrected chi connectivity index (χ2v) is 6.13. The average Bonchev–Trinajstić information content (AvgIpc) is 3.25. The number of rotatable bonds is 7. The molecule has 1 aromatic carbocycles. The third-order valence-corrected chi connectivity index (χ3v) is 3.96. The molecule has 25 heavy (non-hydrogen) atoms. The second kappa shape index (κ2) is 7.43. The minimum atomic E-state index is -0.461. The van der Waals surface area contributed by atoms with Crippen LogP contribution in [0.1, 0.15) is 19.2 Å². The number of aliphatic hydroxyl groups is 1. The maximum absolute atomic E-state index is 10.1. The van der Waals surface area contributed by atoms with Crippen molar-refractivity contribution in [1.29, 1.82) is 0 Å². The highest BCUT2D eigenvalue weighted by molar-refractivity contribution is 5.63. The van der Waals surface area contributed by atoms with Crippen molar-refractivity contribution in [2.75, 3.05) is 19.0 Å². The Morgan fingerprint density at radius 1 is 1.28 bits per heavy atom. The van der Waals surface area contributed by atoms with Crippen LogP contribution in [0.25, 0.3) is 11.4 Å². The van der Waals surface area contributed by atoms with Gasteiger partial charge in [-0.2, -0.15) is 10.2 Å². The first-order valence-corrected chi connectivity index (χ1v) is 8.28. The summed E-state index contributed by atoms with van der Waals surface area (Å²) < 4.78 is 3.45. The largest absolute Gasteiger partial charge is 0.391 e. The third-order valence-electron chi connectivity index (χ3n) is 3.96. The van der Waals surface area contributed by atoms with E-state index < -0.39 is 6.10 Å². The van der Waals surface area contributed by atoms with Crippen molar-refractivity contribution in [3.05, 3.63) is 42.7 Å². The van der Waals surface area contributed by atoms with Gasteiger partial charge in [0.1, 0.15) is 19.2 Å². The Morgan fingerprint density at radius 2 is 2.12 bits per heavy atom. The molecule has 0 spiro atoms. The smallest absolute Gasteiger partial charge is 0.172 e. The van der Waals surface area contributed by atoms with E-state index >= 15 is 0 Å². The fraction of sp³-hybridized carbons (Fsp3) is 0.412. The predicted molar refractivity (Wildman–Crippen MR) is 95.2 cm³/mol. The van der Waals surface area contributed by atoms with Crippen molar-refractivity contribution < 1.29 is 5.11 Å². The SMILES string of the molecule is CC[C@H](O)Cn1nc(Cn2cncn2)nc1-c1cccc(N(C)C)c1. The quantitative estimate of drug-likeness (QED) is 0.700. The first kappa shape index (κ1) is 17.1. The van der Waals surface area contributed by atoms with Gasteiger partial charge in [-0.15, -0.1) is 0 Å². The van der Waals surface area contributed by atoms with Crippen molar-refractivity contribution in [2.45, 2.75) is 32.5 Å². The van der Waals surface area contributed by atoms with E-state index in [1.165, 1.54) is 6.33 Å². The van der Waals surface area contributed by atoms with Crippen molar-refractivity contribution in [3.8, 4) is 11.4 Å². The number of aromatic nitrogens is 6. The molecular weight excluding hydrogens is 318 g/mol. The van der Waals surface area contributed by atoms with Gasteiger partial charge in [0.15, 0.2) is 11.6 Å². The summed E-state index contributed by atoms with van der Waals surface area (Å²) in [6.07, 6.45) is 3.32. The van der Waals surface area contributed by atoms with Crippen LogP contribution in [-0.2, 0) is 13.1 Å². The van der Waals surface area contributed by atoms with Gasteiger partial charge in [0.2, 0.25) is 0 Å². The maximum Gasteiger partial charge on any atom is 0.172 e. The maximum atomic E-state index is 10.1. The summed E-state index contributed by atoms with van der Waals surface area (Å²) in [6, 6.07) is 8.11. The lowest BCUT2D eigenvalue weighted by Gasteiger charge is -2.14. The lowest BCUT2D eigenvalue weighted by atomic mass is 10.1. The molecule has 8 nitrogen and oxygen atoms in total. The first-order valence-electron chi connectivity index (χ1n) is 8.28. The summed E-state index contributed by atoms with van der Waals surface area (Å²) >= 11 is 0. The van der Waals surface area contributed by atoms with E-state index in [0.29, 0.717) is 25.3 Å². The van der Waals surface area contributed by atoms with Crippen LogP contribution in [0.4, 0.5) is 5.69 Å². The van der Waals surface area contributed by atoms with Crippen LogP contribution in [0.15, 0.2) is 36.9 Å². The summed E-state index contributed by atoms with van der Waals surface area (Å²) in [7, 11) is 4.00. The van der Waals surface area contributed by atoms with E-state index in [1.807, 2.05) is 44.1 Å². The zero-order valence-electron chi connectivity index (χ0n) is 14.7. The molecule has 132 valence electrons. The molecule has 1 N–H and O–H groups in total. The Hall–Kier alpha value is -2.74. The van der Waals surface area contributed by atoms with E-state index in [2.05, 4.69) is 26.2 Å². The summed E-state index contributed by atoms with van der Waals surface area (Å²) in [5.41, 5.74) is 2.05. The molecule has 1 atom stereocenters. The fourth-order valence-electron chi connectivity index (χ4n) is 2.51. The molecule has 0 saturated heterocycles. The number of aliphatic hydroxyl groups excluding tert-OH is 1. The minimum Gasteiger partial charge on any atom is -0.391 e. The lowest BCUT2D eigenvalue weighted by molar-refractivity contribution is 0.145. The number of anilines is 1. The Morgan fingerprint density at radius 3 is 2.80 bits per heavy atom. The van der Waals surface area contributed by atoms with Crippen LogP contribution in [0.2, 0.25) is 0 Å². The van der Waals surface area contributed by atoms with Crippen molar-refractivity contribution >= 4 is 5.69 Å². The van der Waals surface area contributed by atoms with E-state index in [-0.39, 0.29) is 0 Å². The molecule has 0 aliphatic carbocycles. The van der Waals surface area contributed by atoms with E-state index in [0.717, 1.165) is 17.1 Å². The molecule has 8 heteroatoms. The van der Waals surface area contributed by atoms with Gasteiger partial charge < -0.3 is 10.0 Å². The molecule has 0 unspecified atom stereocenters. The predicted octanol–water partition coefficient (Wildman–Crippen LogP) is 1.42. The monoisotopic (exact) mass is 341 g/mol. The second-order valence-electron chi connectivity index (χ2n) is 6.13. The van der Waals surface area contributed by atoms with Gasteiger partial charge in [-0.3, -0.25) is 0 Å². The Bertz CT molecular complexity index is 810. The lowest BCUT2D eigenvalue weighted by Crippen LogP contribution is -2.17. The molecule has 0 saturated carbocycles. The minimum absolute atomic E-state index is 0.405. The molecule has 0 radical (unpaired) electrons. The molecule has 3 rings (SSSR count). The summed E-state index contributed by atoms with van der Waals surface area (Å²) in [5, 5.41) is 18.7. The molecule has 0 aliphatic heterocycles. The highest BCUT2D eigenvalue weighted by atomic mass is 16.3. The van der Waals surface area contributed by atoms with Gasteiger partial charge >= 0.3 is 0 Å². The van der Waals surface area contributed by atoms with Crippen molar-refractivity contribution in [2.24, 2.45) is 0 Å². The van der Waals surface area contributed by atoms with Crippen LogP contribution in [-0.4, -0.2) is 54.8 Å². The van der Waals surface area contributed by atoms with Crippen molar-refractivity contribution in [1.82, 2.24) is 29.5 Å². The molecular formula is C17H23N7O. The van der Waals surface area contributed by atoms with Gasteiger partial charge in [0.05, 0.1) is 12.6 Å². The van der Waals surface area contributed by atoms with Crippen LogP contribution in [0.5, 0.6) is 0 Å². The Kier molecular flexibility index (Phi) is 5.08. The van der Waals surface area contributed by atoms with Gasteiger partial charge in [-0.1, -0.05) is 19.1 Å². The highest BCUT2D eigenvalue weighted by Crippen LogP contribution is 2.23. The van der Waals surface area contributed by atoms with Crippen LogP contribution >= 0.6 is 0 Å². The molecule has 0 fully saturated rings. The van der Waals surface area contributed by atoms with E-state index in [1.54, 1.807) is 15.7 Å². The third kappa shape index (κ3) is 4.03.